The van der Waals surface area contributed by atoms with Crippen LogP contribution in [0.1, 0.15) is 5.56 Å². The smallest absolute Gasteiger partial charge is 0.243 e. The van der Waals surface area contributed by atoms with Gasteiger partial charge in [0, 0.05) is 43.0 Å². The maximum atomic E-state index is 13.0. The molecule has 2 aliphatic heterocycles. The zero-order valence-electron chi connectivity index (χ0n) is 15.0. The third kappa shape index (κ3) is 3.47. The van der Waals surface area contributed by atoms with Crippen molar-refractivity contribution in [1.29, 1.82) is 0 Å². The molecule has 2 aromatic rings. The molecule has 4 rings (SSSR count). The number of ether oxygens (including phenoxy) is 2. The van der Waals surface area contributed by atoms with Gasteiger partial charge in [0.15, 0.2) is 11.5 Å². The fourth-order valence-corrected chi connectivity index (χ4v) is 5.05. The molecule has 0 bridgehead atoms. The van der Waals surface area contributed by atoms with Gasteiger partial charge < -0.3 is 14.4 Å². The van der Waals surface area contributed by atoms with Gasteiger partial charge in [0.05, 0.1) is 4.90 Å². The summed E-state index contributed by atoms with van der Waals surface area (Å²) in [6.45, 7) is 4.95. The molecule has 0 atom stereocenters. The Kier molecular flexibility index (Phi) is 4.92. The number of rotatable bonds is 3. The van der Waals surface area contributed by atoms with E-state index in [9.17, 15) is 8.42 Å². The maximum Gasteiger partial charge on any atom is 0.243 e. The number of sulfonamides is 1. The lowest BCUT2D eigenvalue weighted by Crippen LogP contribution is -2.48. The van der Waals surface area contributed by atoms with Crippen molar-refractivity contribution in [1.82, 2.24) is 4.31 Å². The van der Waals surface area contributed by atoms with Crippen LogP contribution in [0.2, 0.25) is 5.02 Å². The number of piperazine rings is 1. The molecule has 27 heavy (non-hydrogen) atoms. The van der Waals surface area contributed by atoms with Gasteiger partial charge in [0.25, 0.3) is 0 Å². The van der Waals surface area contributed by atoms with Crippen molar-refractivity contribution in [3.8, 4) is 11.5 Å². The van der Waals surface area contributed by atoms with Gasteiger partial charge in [0.1, 0.15) is 13.2 Å². The van der Waals surface area contributed by atoms with Crippen molar-refractivity contribution in [3.63, 3.8) is 0 Å². The number of hydrogen-bond donors (Lipinski definition) is 0. The van der Waals surface area contributed by atoms with E-state index in [1.807, 2.05) is 25.1 Å². The van der Waals surface area contributed by atoms with Crippen LogP contribution in [0.4, 0.5) is 5.69 Å². The second kappa shape index (κ2) is 7.22. The Morgan fingerprint density at radius 3 is 2.41 bits per heavy atom. The Morgan fingerprint density at radius 1 is 0.963 bits per heavy atom. The van der Waals surface area contributed by atoms with Crippen LogP contribution in [0.15, 0.2) is 41.3 Å². The molecule has 0 unspecified atom stereocenters. The predicted molar refractivity (Wildman–Crippen MR) is 105 cm³/mol. The molecule has 0 spiro atoms. The summed E-state index contributed by atoms with van der Waals surface area (Å²) in [6, 6.07) is 10.6. The standard InChI is InChI=1S/C19H21ClN2O4S/c1-14-16(20)3-2-4-17(14)21-7-9-22(10-8-21)27(23,24)15-5-6-18-19(13-15)26-12-11-25-18/h2-6,13H,7-12H2,1H3. The normalized spacial score (nSPS) is 17.8. The van der Waals surface area contributed by atoms with Crippen LogP contribution in [0, 0.1) is 6.92 Å². The topological polar surface area (TPSA) is 59.1 Å². The van der Waals surface area contributed by atoms with Crippen LogP contribution in [0.3, 0.4) is 0 Å². The number of halogens is 1. The van der Waals surface area contributed by atoms with Crippen molar-refractivity contribution >= 4 is 27.3 Å². The zero-order valence-corrected chi connectivity index (χ0v) is 16.6. The Balaban J connectivity index is 1.51. The monoisotopic (exact) mass is 408 g/mol. The largest absolute Gasteiger partial charge is 0.486 e. The summed E-state index contributed by atoms with van der Waals surface area (Å²) < 4.78 is 38.6. The molecule has 8 heteroatoms. The molecule has 6 nitrogen and oxygen atoms in total. The fraction of sp³-hybridized carbons (Fsp3) is 0.368. The van der Waals surface area contributed by atoms with E-state index >= 15 is 0 Å². The third-order valence-electron chi connectivity index (χ3n) is 4.97. The van der Waals surface area contributed by atoms with Gasteiger partial charge in [-0.15, -0.1) is 0 Å². The first-order valence-corrected chi connectivity index (χ1v) is 10.7. The van der Waals surface area contributed by atoms with Gasteiger partial charge in [-0.25, -0.2) is 8.42 Å². The van der Waals surface area contributed by atoms with Gasteiger partial charge in [-0.3, -0.25) is 0 Å². The van der Waals surface area contributed by atoms with Gasteiger partial charge in [0.2, 0.25) is 10.0 Å². The number of fused-ring (bicyclic) bond motifs is 1. The summed E-state index contributed by atoms with van der Waals surface area (Å²) in [6.07, 6.45) is 0. The predicted octanol–water partition coefficient (Wildman–Crippen LogP) is 2.93. The highest BCUT2D eigenvalue weighted by Gasteiger charge is 2.30. The minimum atomic E-state index is -3.57. The molecule has 0 aliphatic carbocycles. The number of hydrogen-bond acceptors (Lipinski definition) is 5. The molecule has 0 aromatic heterocycles. The minimum absolute atomic E-state index is 0.235. The molecule has 0 N–H and O–H groups in total. The SMILES string of the molecule is Cc1c(Cl)cccc1N1CCN(S(=O)(=O)c2ccc3c(c2)OCCO3)CC1. The van der Waals surface area contributed by atoms with Gasteiger partial charge >= 0.3 is 0 Å². The summed E-state index contributed by atoms with van der Waals surface area (Å²) >= 11 is 6.22. The third-order valence-corrected chi connectivity index (χ3v) is 7.27. The number of anilines is 1. The van der Waals surface area contributed by atoms with E-state index in [1.54, 1.807) is 18.2 Å². The zero-order chi connectivity index (χ0) is 19.0. The van der Waals surface area contributed by atoms with E-state index in [1.165, 1.54) is 4.31 Å². The van der Waals surface area contributed by atoms with Crippen molar-refractivity contribution < 1.29 is 17.9 Å². The molecular weight excluding hydrogens is 388 g/mol. The highest BCUT2D eigenvalue weighted by molar-refractivity contribution is 7.89. The average molecular weight is 409 g/mol. The highest BCUT2D eigenvalue weighted by Crippen LogP contribution is 2.34. The van der Waals surface area contributed by atoms with Crippen LogP contribution in [-0.2, 0) is 10.0 Å². The molecule has 1 saturated heterocycles. The van der Waals surface area contributed by atoms with E-state index in [-0.39, 0.29) is 4.90 Å². The maximum absolute atomic E-state index is 13.0. The lowest BCUT2D eigenvalue weighted by atomic mass is 10.1. The summed E-state index contributed by atoms with van der Waals surface area (Å²) in [5, 5.41) is 0.721. The van der Waals surface area contributed by atoms with E-state index in [0.29, 0.717) is 50.9 Å². The second-order valence-corrected chi connectivity index (χ2v) is 8.93. The number of benzene rings is 2. The van der Waals surface area contributed by atoms with E-state index < -0.39 is 10.0 Å². The second-order valence-electron chi connectivity index (χ2n) is 6.58. The summed E-state index contributed by atoms with van der Waals surface area (Å²) in [5.41, 5.74) is 2.07. The fourth-order valence-electron chi connectivity index (χ4n) is 3.44. The van der Waals surface area contributed by atoms with Crippen LogP contribution in [0.25, 0.3) is 0 Å². The summed E-state index contributed by atoms with van der Waals surface area (Å²) in [7, 11) is -3.57. The molecule has 1 fully saturated rings. The quantitative estimate of drug-likeness (QED) is 0.781. The summed E-state index contributed by atoms with van der Waals surface area (Å²) in [5.74, 6) is 1.07. The van der Waals surface area contributed by atoms with Gasteiger partial charge in [-0.05, 0) is 36.8 Å². The molecule has 2 aliphatic rings. The number of nitrogens with zero attached hydrogens (tertiary/aromatic N) is 2. The van der Waals surface area contributed by atoms with Crippen molar-refractivity contribution in [2.75, 3.05) is 44.3 Å². The van der Waals surface area contributed by atoms with Crippen LogP contribution >= 0.6 is 11.6 Å². The molecule has 0 radical (unpaired) electrons. The Bertz CT molecular complexity index is 956. The van der Waals surface area contributed by atoms with Gasteiger partial charge in [-0.1, -0.05) is 17.7 Å². The lowest BCUT2D eigenvalue weighted by Gasteiger charge is -2.36. The van der Waals surface area contributed by atoms with Gasteiger partial charge in [-0.2, -0.15) is 4.31 Å². The van der Waals surface area contributed by atoms with E-state index in [4.69, 9.17) is 21.1 Å². The van der Waals surface area contributed by atoms with Crippen LogP contribution in [-0.4, -0.2) is 52.1 Å². The van der Waals surface area contributed by atoms with Crippen molar-refractivity contribution in [2.45, 2.75) is 11.8 Å². The minimum Gasteiger partial charge on any atom is -0.486 e. The molecule has 2 aromatic carbocycles. The first kappa shape index (κ1) is 18.4. The average Bonchev–Trinajstić information content (AvgIpc) is 2.70. The first-order valence-electron chi connectivity index (χ1n) is 8.87. The van der Waals surface area contributed by atoms with Crippen molar-refractivity contribution in [3.05, 3.63) is 47.0 Å². The Labute approximate surface area is 164 Å². The van der Waals surface area contributed by atoms with Crippen LogP contribution < -0.4 is 14.4 Å². The summed E-state index contributed by atoms with van der Waals surface area (Å²) in [4.78, 5) is 2.41. The van der Waals surface area contributed by atoms with E-state index in [2.05, 4.69) is 4.90 Å². The Morgan fingerprint density at radius 2 is 1.67 bits per heavy atom. The molecule has 144 valence electrons. The Hall–Kier alpha value is -1.96. The molecule has 0 amide bonds. The molecular formula is C19H21ClN2O4S. The molecule has 2 heterocycles. The van der Waals surface area contributed by atoms with Crippen molar-refractivity contribution in [2.24, 2.45) is 0 Å². The molecule has 0 saturated carbocycles. The van der Waals surface area contributed by atoms with E-state index in [0.717, 1.165) is 16.3 Å². The highest BCUT2D eigenvalue weighted by atomic mass is 35.5. The lowest BCUT2D eigenvalue weighted by molar-refractivity contribution is 0.171. The van der Waals surface area contributed by atoms with Crippen LogP contribution in [0.5, 0.6) is 11.5 Å². The first-order chi connectivity index (χ1) is 13.0.